The predicted octanol–water partition coefficient (Wildman–Crippen LogP) is 4.40. The fourth-order valence-electron chi connectivity index (χ4n) is 3.57. The van der Waals surface area contributed by atoms with E-state index in [4.69, 9.17) is 0 Å². The maximum Gasteiger partial charge on any atom is 0.132 e. The van der Waals surface area contributed by atoms with Gasteiger partial charge >= 0.3 is 0 Å². The summed E-state index contributed by atoms with van der Waals surface area (Å²) in [4.78, 5) is 0. The Morgan fingerprint density at radius 1 is 1.25 bits per heavy atom. The Kier molecular flexibility index (Phi) is 5.14. The maximum absolute atomic E-state index is 14.4. The van der Waals surface area contributed by atoms with E-state index in [2.05, 4.69) is 12.2 Å². The van der Waals surface area contributed by atoms with Crippen molar-refractivity contribution >= 4 is 0 Å². The summed E-state index contributed by atoms with van der Waals surface area (Å²) in [6, 6.07) is 2.95. The van der Waals surface area contributed by atoms with E-state index in [-0.39, 0.29) is 17.6 Å². The van der Waals surface area contributed by atoms with E-state index >= 15 is 0 Å². The molecule has 1 N–H and O–H groups in total. The third-order valence-corrected chi connectivity index (χ3v) is 4.84. The van der Waals surface area contributed by atoms with Gasteiger partial charge in [-0.3, -0.25) is 0 Å². The lowest BCUT2D eigenvalue weighted by molar-refractivity contribution is 0.221. The highest BCUT2D eigenvalue weighted by atomic mass is 19.1. The van der Waals surface area contributed by atoms with Crippen molar-refractivity contribution in [3.8, 4) is 0 Å². The number of nitrogens with one attached hydrogen (secondary N) is 1. The number of aryl methyl sites for hydroxylation is 1. The summed E-state index contributed by atoms with van der Waals surface area (Å²) < 4.78 is 28.6. The second kappa shape index (κ2) is 6.66. The fraction of sp³-hybridized carbons (Fsp3) is 0.647. The molecule has 0 aromatic heterocycles. The molecular formula is C17H25F2N. The first-order chi connectivity index (χ1) is 9.58. The topological polar surface area (TPSA) is 12.0 Å². The molecule has 0 radical (unpaired) electrons. The monoisotopic (exact) mass is 281 g/mol. The van der Waals surface area contributed by atoms with Crippen molar-refractivity contribution in [2.75, 3.05) is 13.6 Å². The number of hydrogen-bond acceptors (Lipinski definition) is 1. The second-order valence-electron chi connectivity index (χ2n) is 6.10. The van der Waals surface area contributed by atoms with Crippen LogP contribution in [0.2, 0.25) is 0 Å². The van der Waals surface area contributed by atoms with Crippen molar-refractivity contribution in [2.45, 2.75) is 45.4 Å². The van der Waals surface area contributed by atoms with Gasteiger partial charge in [0.05, 0.1) is 0 Å². The Labute approximate surface area is 120 Å². The number of halogens is 2. The molecular weight excluding hydrogens is 256 g/mol. The average molecular weight is 281 g/mol. The summed E-state index contributed by atoms with van der Waals surface area (Å²) in [6.45, 7) is 4.71. The molecule has 0 spiro atoms. The molecule has 0 saturated heterocycles. The van der Waals surface area contributed by atoms with Gasteiger partial charge < -0.3 is 5.32 Å². The third-order valence-electron chi connectivity index (χ3n) is 4.84. The molecule has 0 amide bonds. The molecule has 20 heavy (non-hydrogen) atoms. The van der Waals surface area contributed by atoms with Crippen molar-refractivity contribution in [2.24, 2.45) is 11.8 Å². The van der Waals surface area contributed by atoms with Crippen LogP contribution in [0.4, 0.5) is 8.78 Å². The molecule has 1 nitrogen and oxygen atoms in total. The number of benzene rings is 1. The molecule has 1 aliphatic carbocycles. The minimum atomic E-state index is -0.379. The summed E-state index contributed by atoms with van der Waals surface area (Å²) >= 11 is 0. The van der Waals surface area contributed by atoms with Crippen LogP contribution in [0.3, 0.4) is 0 Å². The third kappa shape index (κ3) is 3.03. The maximum atomic E-state index is 14.4. The molecule has 3 unspecified atom stereocenters. The van der Waals surface area contributed by atoms with Crippen LogP contribution in [0.15, 0.2) is 12.1 Å². The minimum absolute atomic E-state index is 0.000972. The largest absolute Gasteiger partial charge is 0.319 e. The van der Waals surface area contributed by atoms with E-state index in [0.717, 1.165) is 25.8 Å². The summed E-state index contributed by atoms with van der Waals surface area (Å²) in [6.07, 6.45) is 4.23. The Hall–Kier alpha value is -0.960. The predicted molar refractivity (Wildman–Crippen MR) is 78.9 cm³/mol. The van der Waals surface area contributed by atoms with E-state index in [9.17, 15) is 8.78 Å². The zero-order chi connectivity index (χ0) is 14.7. The van der Waals surface area contributed by atoms with E-state index in [0.29, 0.717) is 23.0 Å². The normalized spacial score (nSPS) is 26.8. The summed E-state index contributed by atoms with van der Waals surface area (Å²) in [5.41, 5.74) is 0.867. The first-order valence-corrected chi connectivity index (χ1v) is 7.67. The van der Waals surface area contributed by atoms with Crippen molar-refractivity contribution in [3.05, 3.63) is 34.9 Å². The lowest BCUT2D eigenvalue weighted by atomic mass is 9.70. The smallest absolute Gasteiger partial charge is 0.132 e. The molecule has 1 fully saturated rings. The minimum Gasteiger partial charge on any atom is -0.319 e. The van der Waals surface area contributed by atoms with Crippen LogP contribution in [0.1, 0.15) is 49.7 Å². The second-order valence-corrected chi connectivity index (χ2v) is 6.10. The first-order valence-electron chi connectivity index (χ1n) is 7.67. The van der Waals surface area contributed by atoms with E-state index in [1.54, 1.807) is 6.92 Å². The molecule has 1 saturated carbocycles. The molecule has 3 atom stereocenters. The lowest BCUT2D eigenvalue weighted by Gasteiger charge is -2.36. The molecule has 0 bridgehead atoms. The van der Waals surface area contributed by atoms with Crippen molar-refractivity contribution < 1.29 is 8.78 Å². The highest BCUT2D eigenvalue weighted by molar-refractivity contribution is 5.30. The Balaban J connectivity index is 2.37. The Morgan fingerprint density at radius 3 is 2.65 bits per heavy atom. The van der Waals surface area contributed by atoms with Gasteiger partial charge in [0.25, 0.3) is 0 Å². The summed E-state index contributed by atoms with van der Waals surface area (Å²) in [5.74, 6) is 0.200. The number of rotatable bonds is 4. The average Bonchev–Trinajstić information content (AvgIpc) is 2.45. The van der Waals surface area contributed by atoms with Crippen LogP contribution in [0.5, 0.6) is 0 Å². The zero-order valence-corrected chi connectivity index (χ0v) is 12.7. The summed E-state index contributed by atoms with van der Waals surface area (Å²) in [7, 11) is 1.91. The van der Waals surface area contributed by atoms with Crippen LogP contribution < -0.4 is 5.32 Å². The fourth-order valence-corrected chi connectivity index (χ4v) is 3.57. The summed E-state index contributed by atoms with van der Waals surface area (Å²) in [5, 5.41) is 3.18. The van der Waals surface area contributed by atoms with Gasteiger partial charge in [0, 0.05) is 5.56 Å². The van der Waals surface area contributed by atoms with E-state index in [1.165, 1.54) is 18.6 Å². The molecule has 0 aliphatic heterocycles. The Bertz CT molecular complexity index is 459. The van der Waals surface area contributed by atoms with Gasteiger partial charge in [-0.25, -0.2) is 8.78 Å². The molecule has 112 valence electrons. The van der Waals surface area contributed by atoms with Crippen molar-refractivity contribution in [1.82, 2.24) is 5.32 Å². The van der Waals surface area contributed by atoms with Gasteiger partial charge in [0.1, 0.15) is 11.6 Å². The molecule has 1 aromatic rings. The molecule has 1 aliphatic rings. The van der Waals surface area contributed by atoms with E-state index in [1.807, 2.05) is 7.05 Å². The van der Waals surface area contributed by atoms with Gasteiger partial charge in [-0.2, -0.15) is 0 Å². The van der Waals surface area contributed by atoms with Gasteiger partial charge in [-0.05, 0) is 62.7 Å². The van der Waals surface area contributed by atoms with Gasteiger partial charge in [-0.1, -0.05) is 25.8 Å². The van der Waals surface area contributed by atoms with Crippen LogP contribution in [-0.2, 0) is 0 Å². The standard InChI is InChI=1S/C17H25F2N/c1-4-12-6-7-13(10-20-3)14(9-12)16-15(18)8-5-11(2)17(16)19/h5,8,12-14,20H,4,6-7,9-10H2,1-3H3. The van der Waals surface area contributed by atoms with Crippen LogP contribution in [0, 0.1) is 30.4 Å². The molecule has 0 heterocycles. The van der Waals surface area contributed by atoms with Gasteiger partial charge in [0.2, 0.25) is 0 Å². The highest BCUT2D eigenvalue weighted by Crippen LogP contribution is 2.43. The molecule has 1 aromatic carbocycles. The first kappa shape index (κ1) is 15.4. The molecule has 3 heteroatoms. The van der Waals surface area contributed by atoms with Gasteiger partial charge in [-0.15, -0.1) is 0 Å². The molecule has 2 rings (SSSR count). The quantitative estimate of drug-likeness (QED) is 0.862. The van der Waals surface area contributed by atoms with E-state index < -0.39 is 0 Å². The Morgan fingerprint density at radius 2 is 2.00 bits per heavy atom. The van der Waals surface area contributed by atoms with Crippen molar-refractivity contribution in [3.63, 3.8) is 0 Å². The zero-order valence-electron chi connectivity index (χ0n) is 12.7. The van der Waals surface area contributed by atoms with Crippen LogP contribution >= 0.6 is 0 Å². The number of hydrogen-bond donors (Lipinski definition) is 1. The SMILES string of the molecule is CCC1CCC(CNC)C(c2c(F)ccc(C)c2F)C1. The van der Waals surface area contributed by atoms with Crippen molar-refractivity contribution in [1.29, 1.82) is 0 Å². The lowest BCUT2D eigenvalue weighted by Crippen LogP contribution is -2.31. The highest BCUT2D eigenvalue weighted by Gasteiger charge is 2.34. The van der Waals surface area contributed by atoms with Gasteiger partial charge in [0.15, 0.2) is 0 Å². The van der Waals surface area contributed by atoms with Crippen LogP contribution in [0.25, 0.3) is 0 Å². The van der Waals surface area contributed by atoms with Crippen LogP contribution in [-0.4, -0.2) is 13.6 Å².